The highest BCUT2D eigenvalue weighted by Gasteiger charge is 2.12. The number of hydrogen-bond acceptors (Lipinski definition) is 4. The molecule has 0 atom stereocenters. The van der Waals surface area contributed by atoms with Crippen molar-refractivity contribution >= 4 is 29.9 Å². The maximum Gasteiger partial charge on any atom is 0.191 e. The van der Waals surface area contributed by atoms with E-state index in [-0.39, 0.29) is 24.0 Å². The molecule has 6 nitrogen and oxygen atoms in total. The number of aliphatic imine (C=N–C) groups is 1. The zero-order valence-electron chi connectivity index (χ0n) is 15.1. The number of nitrogens with one attached hydrogen (secondary N) is 2. The minimum atomic E-state index is 0. The summed E-state index contributed by atoms with van der Waals surface area (Å²) in [4.78, 5) is 6.86. The Bertz CT molecular complexity index is 438. The van der Waals surface area contributed by atoms with Crippen molar-refractivity contribution in [3.05, 3.63) is 17.0 Å². The highest BCUT2D eigenvalue weighted by Crippen LogP contribution is 2.16. The third kappa shape index (κ3) is 8.01. The summed E-state index contributed by atoms with van der Waals surface area (Å²) in [5.41, 5.74) is 2.15. The Balaban J connectivity index is 0.00000484. The fourth-order valence-electron chi connectivity index (χ4n) is 2.22. The van der Waals surface area contributed by atoms with E-state index in [1.807, 2.05) is 0 Å². The lowest BCUT2D eigenvalue weighted by Gasteiger charge is -2.13. The Morgan fingerprint density at radius 3 is 2.48 bits per heavy atom. The van der Waals surface area contributed by atoms with E-state index in [4.69, 9.17) is 4.52 Å². The van der Waals surface area contributed by atoms with Crippen LogP contribution in [0.25, 0.3) is 0 Å². The van der Waals surface area contributed by atoms with Crippen molar-refractivity contribution in [1.29, 1.82) is 0 Å². The molecule has 0 radical (unpaired) electrons. The summed E-state index contributed by atoms with van der Waals surface area (Å²) in [6, 6.07) is 0. The molecule has 0 spiro atoms. The summed E-state index contributed by atoms with van der Waals surface area (Å²) < 4.78 is 5.39. The average molecular weight is 437 g/mol. The van der Waals surface area contributed by atoms with Gasteiger partial charge >= 0.3 is 0 Å². The van der Waals surface area contributed by atoms with Crippen molar-refractivity contribution in [3.63, 3.8) is 0 Å². The van der Waals surface area contributed by atoms with Crippen LogP contribution in [-0.2, 0) is 19.4 Å². The fraction of sp³-hybridized carbons (Fsp3) is 0.750. The van der Waals surface area contributed by atoms with E-state index >= 15 is 0 Å². The van der Waals surface area contributed by atoms with Crippen LogP contribution in [0.1, 0.15) is 44.2 Å². The zero-order chi connectivity index (χ0) is 16.4. The second-order valence-electron chi connectivity index (χ2n) is 5.52. The first-order valence-electron chi connectivity index (χ1n) is 8.25. The van der Waals surface area contributed by atoms with Crippen LogP contribution >= 0.6 is 24.0 Å². The van der Waals surface area contributed by atoms with Crippen molar-refractivity contribution in [2.75, 3.05) is 33.7 Å². The van der Waals surface area contributed by atoms with E-state index in [1.165, 1.54) is 0 Å². The van der Waals surface area contributed by atoms with E-state index in [0.717, 1.165) is 61.9 Å². The van der Waals surface area contributed by atoms with Gasteiger partial charge in [0.1, 0.15) is 5.76 Å². The van der Waals surface area contributed by atoms with Crippen molar-refractivity contribution in [2.45, 2.75) is 46.6 Å². The van der Waals surface area contributed by atoms with Crippen LogP contribution in [-0.4, -0.2) is 49.7 Å². The molecule has 0 aliphatic carbocycles. The topological polar surface area (TPSA) is 65.7 Å². The molecule has 0 aliphatic rings. The standard InChI is InChI=1S/C16H31N5O.HI/c1-6-14-13(15(7-2)22-20-14)12-19-16(17-8-3)18-10-9-11-21(4)5;/h6-12H2,1-5H3,(H2,17,18,19);1H. The number of aryl methyl sites for hydroxylation is 2. The molecule has 23 heavy (non-hydrogen) atoms. The van der Waals surface area contributed by atoms with Gasteiger partial charge in [0.15, 0.2) is 5.96 Å². The molecule has 2 N–H and O–H groups in total. The molecule has 0 fully saturated rings. The highest BCUT2D eigenvalue weighted by atomic mass is 127. The molecule has 0 aliphatic heterocycles. The van der Waals surface area contributed by atoms with Gasteiger partial charge in [-0.2, -0.15) is 0 Å². The summed E-state index contributed by atoms with van der Waals surface area (Å²) in [6.07, 6.45) is 2.82. The largest absolute Gasteiger partial charge is 0.361 e. The monoisotopic (exact) mass is 437 g/mol. The molecular weight excluding hydrogens is 405 g/mol. The lowest BCUT2D eigenvalue weighted by molar-refractivity contribution is 0.380. The van der Waals surface area contributed by atoms with Crippen LogP contribution < -0.4 is 10.6 Å². The lowest BCUT2D eigenvalue weighted by Crippen LogP contribution is -2.38. The molecule has 0 saturated carbocycles. The summed E-state index contributed by atoms with van der Waals surface area (Å²) in [5, 5.41) is 10.8. The van der Waals surface area contributed by atoms with Gasteiger partial charge in [0.25, 0.3) is 0 Å². The minimum Gasteiger partial charge on any atom is -0.361 e. The number of hydrogen-bond donors (Lipinski definition) is 2. The smallest absolute Gasteiger partial charge is 0.191 e. The van der Waals surface area contributed by atoms with Crippen molar-refractivity contribution in [2.24, 2.45) is 4.99 Å². The molecule has 1 aromatic rings. The van der Waals surface area contributed by atoms with Crippen LogP contribution in [0.4, 0.5) is 0 Å². The van der Waals surface area contributed by atoms with Gasteiger partial charge in [0, 0.05) is 25.1 Å². The highest BCUT2D eigenvalue weighted by molar-refractivity contribution is 14.0. The Morgan fingerprint density at radius 1 is 1.17 bits per heavy atom. The molecule has 1 aromatic heterocycles. The third-order valence-corrected chi connectivity index (χ3v) is 3.42. The van der Waals surface area contributed by atoms with Crippen molar-refractivity contribution in [3.8, 4) is 0 Å². The molecule has 7 heteroatoms. The molecule has 0 saturated heterocycles. The van der Waals surface area contributed by atoms with Crippen LogP contribution in [0, 0.1) is 0 Å². The van der Waals surface area contributed by atoms with E-state index in [9.17, 15) is 0 Å². The Labute approximate surface area is 157 Å². The predicted octanol–water partition coefficient (Wildman–Crippen LogP) is 2.42. The number of aromatic nitrogens is 1. The Hall–Kier alpha value is -0.830. The molecule has 0 amide bonds. The van der Waals surface area contributed by atoms with Gasteiger partial charge in [0.05, 0.1) is 12.2 Å². The van der Waals surface area contributed by atoms with Crippen molar-refractivity contribution < 1.29 is 4.52 Å². The second kappa shape index (κ2) is 12.6. The van der Waals surface area contributed by atoms with Gasteiger partial charge in [-0.3, -0.25) is 0 Å². The van der Waals surface area contributed by atoms with Gasteiger partial charge in [0.2, 0.25) is 0 Å². The van der Waals surface area contributed by atoms with E-state index in [1.54, 1.807) is 0 Å². The lowest BCUT2D eigenvalue weighted by atomic mass is 10.1. The molecule has 134 valence electrons. The van der Waals surface area contributed by atoms with E-state index in [2.05, 4.69) is 60.5 Å². The minimum absolute atomic E-state index is 0. The van der Waals surface area contributed by atoms with Gasteiger partial charge in [-0.1, -0.05) is 19.0 Å². The average Bonchev–Trinajstić information content (AvgIpc) is 2.90. The Morgan fingerprint density at radius 2 is 1.91 bits per heavy atom. The summed E-state index contributed by atoms with van der Waals surface area (Å²) in [5.74, 6) is 1.80. The first-order valence-corrected chi connectivity index (χ1v) is 8.25. The van der Waals surface area contributed by atoms with E-state index in [0.29, 0.717) is 6.54 Å². The maximum absolute atomic E-state index is 5.39. The molecule has 1 rings (SSSR count). The molecule has 0 unspecified atom stereocenters. The fourth-order valence-corrected chi connectivity index (χ4v) is 2.22. The normalized spacial score (nSPS) is 11.5. The molecule has 0 bridgehead atoms. The van der Waals surface area contributed by atoms with Gasteiger partial charge in [-0.25, -0.2) is 4.99 Å². The first kappa shape index (κ1) is 22.2. The molecule has 1 heterocycles. The number of halogens is 1. The van der Waals surface area contributed by atoms with Crippen LogP contribution in [0.3, 0.4) is 0 Å². The Kier molecular flexibility index (Phi) is 12.1. The maximum atomic E-state index is 5.39. The first-order chi connectivity index (χ1) is 10.6. The quantitative estimate of drug-likeness (QED) is 0.269. The SMILES string of the molecule is CCNC(=NCc1c(CC)noc1CC)NCCCN(C)C.I. The van der Waals surface area contributed by atoms with Crippen molar-refractivity contribution in [1.82, 2.24) is 20.7 Å². The molecular formula is C16H32IN5O. The summed E-state index contributed by atoms with van der Waals surface area (Å²) >= 11 is 0. The number of rotatable bonds is 9. The van der Waals surface area contributed by atoms with Gasteiger partial charge in [-0.05, 0) is 40.4 Å². The summed E-state index contributed by atoms with van der Waals surface area (Å²) in [6.45, 7) is 9.69. The van der Waals surface area contributed by atoms with Crippen LogP contribution in [0.15, 0.2) is 9.52 Å². The number of nitrogens with zero attached hydrogens (tertiary/aromatic N) is 3. The zero-order valence-corrected chi connectivity index (χ0v) is 17.4. The van der Waals surface area contributed by atoms with Gasteiger partial charge in [-0.15, -0.1) is 24.0 Å². The van der Waals surface area contributed by atoms with E-state index < -0.39 is 0 Å². The second-order valence-corrected chi connectivity index (χ2v) is 5.52. The number of guanidine groups is 1. The third-order valence-electron chi connectivity index (χ3n) is 3.42. The van der Waals surface area contributed by atoms with Gasteiger partial charge < -0.3 is 20.1 Å². The molecule has 0 aromatic carbocycles. The predicted molar refractivity (Wildman–Crippen MR) is 107 cm³/mol. The van der Waals surface area contributed by atoms with Crippen LogP contribution in [0.2, 0.25) is 0 Å². The van der Waals surface area contributed by atoms with Crippen LogP contribution in [0.5, 0.6) is 0 Å². The summed E-state index contributed by atoms with van der Waals surface area (Å²) in [7, 11) is 4.17.